The normalized spacial score (nSPS) is 15.4. The fourth-order valence-electron chi connectivity index (χ4n) is 2.39. The molecule has 0 spiro atoms. The van der Waals surface area contributed by atoms with Crippen LogP contribution in [0.15, 0.2) is 29.2 Å². The van der Waals surface area contributed by atoms with Gasteiger partial charge in [0.25, 0.3) is 11.1 Å². The van der Waals surface area contributed by atoms with Gasteiger partial charge >= 0.3 is 5.97 Å². The molecule has 27 heavy (non-hydrogen) atoms. The number of carbonyl (C=O) groups excluding carboxylic acids is 3. The quantitative estimate of drug-likeness (QED) is 0.435. The first kappa shape index (κ1) is 20.5. The van der Waals surface area contributed by atoms with E-state index in [9.17, 15) is 24.3 Å². The van der Waals surface area contributed by atoms with E-state index in [4.69, 9.17) is 5.11 Å². The molecule has 0 bridgehead atoms. The third-order valence-corrected chi connectivity index (χ3v) is 4.70. The van der Waals surface area contributed by atoms with Gasteiger partial charge in [-0.25, -0.2) is 0 Å². The Hall–Kier alpha value is -2.81. The molecule has 0 unspecified atom stereocenters. The minimum Gasteiger partial charge on any atom is -0.507 e. The van der Waals surface area contributed by atoms with Crippen LogP contribution >= 0.6 is 11.8 Å². The van der Waals surface area contributed by atoms with Gasteiger partial charge in [0.2, 0.25) is 5.91 Å². The van der Waals surface area contributed by atoms with Crippen LogP contribution < -0.4 is 5.32 Å². The van der Waals surface area contributed by atoms with Gasteiger partial charge < -0.3 is 15.5 Å². The Bertz CT molecular complexity index is 777. The van der Waals surface area contributed by atoms with Gasteiger partial charge in [-0.1, -0.05) is 24.6 Å². The Morgan fingerprint density at radius 1 is 1.15 bits per heavy atom. The number of hydrogen-bond donors (Lipinski definition) is 3. The number of aliphatic carboxylic acids is 1. The summed E-state index contributed by atoms with van der Waals surface area (Å²) in [5.41, 5.74) is 0.411. The van der Waals surface area contributed by atoms with Crippen molar-refractivity contribution in [3.8, 4) is 5.75 Å². The van der Waals surface area contributed by atoms with E-state index < -0.39 is 23.0 Å². The maximum Gasteiger partial charge on any atom is 0.303 e. The molecule has 1 aromatic carbocycles. The zero-order chi connectivity index (χ0) is 19.8. The van der Waals surface area contributed by atoms with Gasteiger partial charge in [-0.05, 0) is 36.7 Å². The monoisotopic (exact) mass is 392 g/mol. The molecule has 0 atom stereocenters. The highest BCUT2D eigenvalue weighted by molar-refractivity contribution is 8.18. The fourth-order valence-corrected chi connectivity index (χ4v) is 3.22. The number of para-hydroxylation sites is 1. The van der Waals surface area contributed by atoms with Gasteiger partial charge in [0.1, 0.15) is 12.3 Å². The number of carboxylic acids is 1. The van der Waals surface area contributed by atoms with E-state index in [1.54, 1.807) is 18.2 Å². The Morgan fingerprint density at radius 3 is 2.59 bits per heavy atom. The van der Waals surface area contributed by atoms with Crippen LogP contribution in [0.25, 0.3) is 6.08 Å². The van der Waals surface area contributed by atoms with Crippen molar-refractivity contribution < 1.29 is 29.4 Å². The lowest BCUT2D eigenvalue weighted by molar-refractivity contribution is -0.137. The van der Waals surface area contributed by atoms with Gasteiger partial charge in [0.05, 0.1) is 4.91 Å². The number of phenolic OH excluding ortho intramolecular Hbond substituents is 1. The van der Waals surface area contributed by atoms with E-state index >= 15 is 0 Å². The Kier molecular flexibility index (Phi) is 7.42. The molecule has 1 fully saturated rings. The molecule has 2 rings (SSSR count). The summed E-state index contributed by atoms with van der Waals surface area (Å²) in [6, 6.07) is 6.42. The Morgan fingerprint density at radius 2 is 1.89 bits per heavy atom. The topological polar surface area (TPSA) is 124 Å². The van der Waals surface area contributed by atoms with Crippen LogP contribution in [0.3, 0.4) is 0 Å². The van der Waals surface area contributed by atoms with Gasteiger partial charge in [-0.15, -0.1) is 0 Å². The third kappa shape index (κ3) is 6.14. The van der Waals surface area contributed by atoms with Gasteiger partial charge in [0.15, 0.2) is 0 Å². The summed E-state index contributed by atoms with van der Waals surface area (Å²) in [7, 11) is 0. The van der Waals surface area contributed by atoms with Gasteiger partial charge in [-0.2, -0.15) is 0 Å². The van der Waals surface area contributed by atoms with Crippen LogP contribution in [0.1, 0.15) is 31.2 Å². The highest BCUT2D eigenvalue weighted by Crippen LogP contribution is 2.33. The lowest BCUT2D eigenvalue weighted by atomic mass is 10.2. The predicted molar refractivity (Wildman–Crippen MR) is 99.9 cm³/mol. The number of imide groups is 1. The number of carbonyl (C=O) groups is 4. The summed E-state index contributed by atoms with van der Waals surface area (Å²) in [5, 5.41) is 20.4. The second-order valence-electron chi connectivity index (χ2n) is 5.88. The molecule has 144 valence electrons. The summed E-state index contributed by atoms with van der Waals surface area (Å²) < 4.78 is 0. The molecule has 3 N–H and O–H groups in total. The number of unbranched alkanes of at least 4 members (excludes halogenated alkanes) is 2. The molecule has 1 aliphatic heterocycles. The van der Waals surface area contributed by atoms with Crippen LogP contribution in [0.4, 0.5) is 4.79 Å². The maximum atomic E-state index is 12.3. The molecule has 1 heterocycles. The number of nitrogens with one attached hydrogen (secondary N) is 1. The van der Waals surface area contributed by atoms with Crippen molar-refractivity contribution in [3.05, 3.63) is 34.7 Å². The number of benzene rings is 1. The van der Waals surface area contributed by atoms with Crippen LogP contribution in [0.2, 0.25) is 0 Å². The summed E-state index contributed by atoms with van der Waals surface area (Å²) in [4.78, 5) is 47.7. The molecule has 0 saturated carbocycles. The van der Waals surface area contributed by atoms with Crippen LogP contribution in [-0.4, -0.2) is 51.2 Å². The molecule has 1 saturated heterocycles. The van der Waals surface area contributed by atoms with E-state index in [0.29, 0.717) is 43.1 Å². The number of hydrogen-bond acceptors (Lipinski definition) is 6. The Labute approximate surface area is 160 Å². The fraction of sp³-hybridized carbons (Fsp3) is 0.333. The van der Waals surface area contributed by atoms with Gasteiger partial charge in [0, 0.05) is 18.5 Å². The number of amides is 3. The second kappa shape index (κ2) is 9.77. The van der Waals surface area contributed by atoms with Crippen LogP contribution in [0, 0.1) is 0 Å². The minimum absolute atomic E-state index is 0.00931. The first-order chi connectivity index (χ1) is 12.9. The molecule has 0 aromatic heterocycles. The highest BCUT2D eigenvalue weighted by Gasteiger charge is 2.36. The van der Waals surface area contributed by atoms with E-state index in [-0.39, 0.29) is 23.6 Å². The van der Waals surface area contributed by atoms with E-state index in [1.165, 1.54) is 12.1 Å². The number of nitrogens with zero attached hydrogens (tertiary/aromatic N) is 1. The van der Waals surface area contributed by atoms with E-state index in [1.807, 2.05) is 0 Å². The second-order valence-corrected chi connectivity index (χ2v) is 6.87. The largest absolute Gasteiger partial charge is 0.507 e. The molecule has 0 aliphatic carbocycles. The average Bonchev–Trinajstić information content (AvgIpc) is 2.87. The molecule has 3 amide bonds. The highest BCUT2D eigenvalue weighted by atomic mass is 32.2. The number of aromatic hydroxyl groups is 1. The average molecular weight is 392 g/mol. The predicted octanol–water partition coefficient (Wildman–Crippen LogP) is 2.19. The molecule has 8 nitrogen and oxygen atoms in total. The lowest BCUT2D eigenvalue weighted by Crippen LogP contribution is -2.39. The number of phenols is 1. The van der Waals surface area contributed by atoms with E-state index in [2.05, 4.69) is 5.32 Å². The van der Waals surface area contributed by atoms with Crippen LogP contribution in [-0.2, 0) is 14.4 Å². The molecular formula is C18H20N2O6S. The molecule has 1 aromatic rings. The zero-order valence-corrected chi connectivity index (χ0v) is 15.3. The molecule has 1 aliphatic rings. The summed E-state index contributed by atoms with van der Waals surface area (Å²) in [5.74, 6) is -1.90. The number of carboxylic acid groups (broad SMARTS) is 1. The van der Waals surface area contributed by atoms with Crippen molar-refractivity contribution in [2.24, 2.45) is 0 Å². The Balaban J connectivity index is 1.84. The standard InChI is InChI=1S/C18H20N2O6S/c21-13-7-4-3-6-12(13)10-14-17(25)20(18(26)27-14)11-15(22)19-9-5-1-2-8-16(23)24/h3-4,6-7,10,21H,1-2,5,8-9,11H2,(H,19,22)(H,23,24)/b14-10-. The lowest BCUT2D eigenvalue weighted by Gasteiger charge is -2.12. The van der Waals surface area contributed by atoms with Crippen molar-refractivity contribution >= 4 is 40.9 Å². The summed E-state index contributed by atoms with van der Waals surface area (Å²) >= 11 is 0.717. The SMILES string of the molecule is O=C(O)CCCCCNC(=O)CN1C(=O)S/C(=C\c2ccccc2O)C1=O. The zero-order valence-electron chi connectivity index (χ0n) is 14.5. The van der Waals surface area contributed by atoms with Crippen molar-refractivity contribution in [2.45, 2.75) is 25.7 Å². The summed E-state index contributed by atoms with van der Waals surface area (Å²) in [6.07, 6.45) is 3.33. The minimum atomic E-state index is -0.852. The number of thioether (sulfide) groups is 1. The van der Waals surface area contributed by atoms with Crippen LogP contribution in [0.5, 0.6) is 5.75 Å². The van der Waals surface area contributed by atoms with Crippen molar-refractivity contribution in [3.63, 3.8) is 0 Å². The molecular weight excluding hydrogens is 372 g/mol. The van der Waals surface area contributed by atoms with Crippen molar-refractivity contribution in [1.29, 1.82) is 0 Å². The number of rotatable bonds is 9. The third-order valence-electron chi connectivity index (χ3n) is 3.79. The van der Waals surface area contributed by atoms with E-state index in [0.717, 1.165) is 4.90 Å². The summed E-state index contributed by atoms with van der Waals surface area (Å²) in [6.45, 7) is -0.0275. The van der Waals surface area contributed by atoms with Crippen molar-refractivity contribution in [2.75, 3.05) is 13.1 Å². The first-order valence-corrected chi connectivity index (χ1v) is 9.22. The van der Waals surface area contributed by atoms with Crippen molar-refractivity contribution in [1.82, 2.24) is 10.2 Å². The van der Waals surface area contributed by atoms with Gasteiger partial charge in [-0.3, -0.25) is 24.1 Å². The molecule has 9 heteroatoms. The maximum absolute atomic E-state index is 12.3. The smallest absolute Gasteiger partial charge is 0.303 e. The molecule has 0 radical (unpaired) electrons. The first-order valence-electron chi connectivity index (χ1n) is 8.40.